The summed E-state index contributed by atoms with van der Waals surface area (Å²) in [5.74, 6) is 0.715. The van der Waals surface area contributed by atoms with Gasteiger partial charge in [-0.3, -0.25) is 9.38 Å². The minimum atomic E-state index is 0.629. The molecule has 0 unspecified atom stereocenters. The van der Waals surface area contributed by atoms with Crippen molar-refractivity contribution in [2.24, 2.45) is 0 Å². The number of hydrogen-bond acceptors (Lipinski definition) is 5. The molecular formula is C13H14N6. The molecule has 0 spiro atoms. The van der Waals surface area contributed by atoms with Crippen molar-refractivity contribution in [1.82, 2.24) is 24.6 Å². The van der Waals surface area contributed by atoms with Crippen LogP contribution in [0.3, 0.4) is 0 Å². The van der Waals surface area contributed by atoms with Gasteiger partial charge in [0, 0.05) is 18.6 Å². The standard InChI is InChI=1S/C13H14N6/c1-2-10-4-3-5-14-11(10)8-16-12-13-18-17-9-19(13)7-6-15-12/h3-7,9H,2,8H2,1H3,(H,15,16). The van der Waals surface area contributed by atoms with Crippen molar-refractivity contribution in [3.63, 3.8) is 0 Å². The summed E-state index contributed by atoms with van der Waals surface area (Å²) in [5, 5.41) is 11.2. The van der Waals surface area contributed by atoms with Crippen molar-refractivity contribution in [2.45, 2.75) is 19.9 Å². The Morgan fingerprint density at radius 3 is 3.11 bits per heavy atom. The molecule has 0 radical (unpaired) electrons. The number of nitrogens with zero attached hydrogens (tertiary/aromatic N) is 5. The van der Waals surface area contributed by atoms with Crippen LogP contribution >= 0.6 is 0 Å². The van der Waals surface area contributed by atoms with Gasteiger partial charge in [-0.2, -0.15) is 0 Å². The molecule has 0 fully saturated rings. The van der Waals surface area contributed by atoms with Crippen LogP contribution in [0, 0.1) is 0 Å². The normalized spacial score (nSPS) is 10.8. The van der Waals surface area contributed by atoms with E-state index in [2.05, 4.69) is 38.5 Å². The van der Waals surface area contributed by atoms with Gasteiger partial charge in [0.1, 0.15) is 6.33 Å². The Balaban J connectivity index is 1.84. The summed E-state index contributed by atoms with van der Waals surface area (Å²) >= 11 is 0. The summed E-state index contributed by atoms with van der Waals surface area (Å²) < 4.78 is 1.83. The maximum absolute atomic E-state index is 4.40. The number of anilines is 1. The molecule has 6 heteroatoms. The average Bonchev–Trinajstić information content (AvgIpc) is 2.94. The third-order valence-corrected chi connectivity index (χ3v) is 3.00. The fraction of sp³-hybridized carbons (Fsp3) is 0.231. The molecule has 19 heavy (non-hydrogen) atoms. The first-order valence-electron chi connectivity index (χ1n) is 6.19. The fourth-order valence-electron chi connectivity index (χ4n) is 2.00. The Labute approximate surface area is 110 Å². The molecule has 0 aliphatic heterocycles. The average molecular weight is 254 g/mol. The fourth-order valence-corrected chi connectivity index (χ4v) is 2.00. The molecule has 3 aromatic rings. The van der Waals surface area contributed by atoms with Crippen molar-refractivity contribution in [2.75, 3.05) is 5.32 Å². The molecule has 3 rings (SSSR count). The molecule has 0 saturated carbocycles. The van der Waals surface area contributed by atoms with Gasteiger partial charge in [-0.25, -0.2) is 4.98 Å². The van der Waals surface area contributed by atoms with Crippen molar-refractivity contribution in [3.05, 3.63) is 48.3 Å². The first kappa shape index (κ1) is 11.6. The monoisotopic (exact) mass is 254 g/mol. The van der Waals surface area contributed by atoms with E-state index in [4.69, 9.17) is 0 Å². The molecule has 0 aliphatic carbocycles. The summed E-state index contributed by atoms with van der Waals surface area (Å²) in [6.07, 6.45) is 7.96. The number of aryl methyl sites for hydroxylation is 1. The van der Waals surface area contributed by atoms with Crippen LogP contribution in [0.5, 0.6) is 0 Å². The molecule has 6 nitrogen and oxygen atoms in total. The third kappa shape index (κ3) is 2.24. The van der Waals surface area contributed by atoms with E-state index in [1.807, 2.05) is 16.7 Å². The number of aromatic nitrogens is 5. The highest BCUT2D eigenvalue weighted by atomic mass is 15.2. The van der Waals surface area contributed by atoms with Gasteiger partial charge in [-0.15, -0.1) is 10.2 Å². The highest BCUT2D eigenvalue weighted by molar-refractivity contribution is 5.61. The van der Waals surface area contributed by atoms with E-state index in [0.717, 1.165) is 17.8 Å². The van der Waals surface area contributed by atoms with E-state index in [0.29, 0.717) is 12.4 Å². The quantitative estimate of drug-likeness (QED) is 0.767. The van der Waals surface area contributed by atoms with Gasteiger partial charge in [-0.05, 0) is 18.1 Å². The van der Waals surface area contributed by atoms with Crippen LogP contribution in [0.15, 0.2) is 37.1 Å². The minimum Gasteiger partial charge on any atom is -0.361 e. The van der Waals surface area contributed by atoms with E-state index in [9.17, 15) is 0 Å². The zero-order valence-corrected chi connectivity index (χ0v) is 10.6. The van der Waals surface area contributed by atoms with Crippen LogP contribution in [0.4, 0.5) is 5.82 Å². The number of nitrogens with one attached hydrogen (secondary N) is 1. The number of pyridine rings is 1. The lowest BCUT2D eigenvalue weighted by Gasteiger charge is -2.08. The number of fused-ring (bicyclic) bond motifs is 1. The van der Waals surface area contributed by atoms with E-state index in [1.54, 1.807) is 18.7 Å². The molecule has 0 aliphatic rings. The molecule has 0 atom stereocenters. The second kappa shape index (κ2) is 5.01. The maximum atomic E-state index is 4.40. The summed E-state index contributed by atoms with van der Waals surface area (Å²) in [4.78, 5) is 8.69. The molecule has 0 bridgehead atoms. The Morgan fingerprint density at radius 2 is 2.21 bits per heavy atom. The maximum Gasteiger partial charge on any atom is 0.203 e. The summed E-state index contributed by atoms with van der Waals surface area (Å²) in [6.45, 7) is 2.75. The summed E-state index contributed by atoms with van der Waals surface area (Å²) in [5.41, 5.74) is 2.99. The Hall–Kier alpha value is -2.50. The highest BCUT2D eigenvalue weighted by Gasteiger charge is 2.06. The molecule has 0 saturated heterocycles. The lowest BCUT2D eigenvalue weighted by atomic mass is 10.1. The van der Waals surface area contributed by atoms with Gasteiger partial charge in [0.15, 0.2) is 5.82 Å². The highest BCUT2D eigenvalue weighted by Crippen LogP contribution is 2.12. The Bertz CT molecular complexity index is 690. The van der Waals surface area contributed by atoms with Gasteiger partial charge >= 0.3 is 0 Å². The molecule has 3 heterocycles. The SMILES string of the molecule is CCc1cccnc1CNc1nccn2cnnc12. The zero-order chi connectivity index (χ0) is 13.1. The largest absolute Gasteiger partial charge is 0.361 e. The molecule has 0 aromatic carbocycles. The van der Waals surface area contributed by atoms with Crippen LogP contribution < -0.4 is 5.32 Å². The van der Waals surface area contributed by atoms with Crippen LogP contribution in [0.1, 0.15) is 18.2 Å². The number of rotatable bonds is 4. The smallest absolute Gasteiger partial charge is 0.203 e. The number of hydrogen-bond donors (Lipinski definition) is 1. The topological polar surface area (TPSA) is 68.0 Å². The predicted octanol–water partition coefficient (Wildman–Crippen LogP) is 1.69. The van der Waals surface area contributed by atoms with Gasteiger partial charge in [0.2, 0.25) is 5.65 Å². The summed E-state index contributed by atoms with van der Waals surface area (Å²) in [7, 11) is 0. The zero-order valence-electron chi connectivity index (χ0n) is 10.6. The van der Waals surface area contributed by atoms with E-state index < -0.39 is 0 Å². The second-order valence-corrected chi connectivity index (χ2v) is 4.15. The molecule has 3 aromatic heterocycles. The molecular weight excluding hydrogens is 240 g/mol. The molecule has 1 N–H and O–H groups in total. The second-order valence-electron chi connectivity index (χ2n) is 4.15. The summed E-state index contributed by atoms with van der Waals surface area (Å²) in [6, 6.07) is 4.05. The van der Waals surface area contributed by atoms with Crippen LogP contribution in [0.25, 0.3) is 5.65 Å². The van der Waals surface area contributed by atoms with Crippen LogP contribution in [-0.4, -0.2) is 24.6 Å². The van der Waals surface area contributed by atoms with Crippen LogP contribution in [-0.2, 0) is 13.0 Å². The first-order valence-corrected chi connectivity index (χ1v) is 6.19. The van der Waals surface area contributed by atoms with Gasteiger partial charge in [-0.1, -0.05) is 13.0 Å². The van der Waals surface area contributed by atoms with E-state index in [1.165, 1.54) is 5.56 Å². The predicted molar refractivity (Wildman–Crippen MR) is 71.7 cm³/mol. The Morgan fingerprint density at radius 1 is 1.26 bits per heavy atom. The van der Waals surface area contributed by atoms with Gasteiger partial charge in [0.25, 0.3) is 0 Å². The lowest BCUT2D eigenvalue weighted by molar-refractivity contribution is 0.961. The first-order chi connectivity index (χ1) is 9.38. The van der Waals surface area contributed by atoms with Crippen LogP contribution in [0.2, 0.25) is 0 Å². The van der Waals surface area contributed by atoms with Gasteiger partial charge in [0.05, 0.1) is 12.2 Å². The van der Waals surface area contributed by atoms with Crippen molar-refractivity contribution >= 4 is 11.5 Å². The molecule has 96 valence electrons. The van der Waals surface area contributed by atoms with E-state index in [-0.39, 0.29) is 0 Å². The Kier molecular flexibility index (Phi) is 3.06. The third-order valence-electron chi connectivity index (χ3n) is 3.00. The minimum absolute atomic E-state index is 0.629. The van der Waals surface area contributed by atoms with Crippen molar-refractivity contribution in [3.8, 4) is 0 Å². The van der Waals surface area contributed by atoms with Crippen molar-refractivity contribution in [1.29, 1.82) is 0 Å². The molecule has 0 amide bonds. The lowest BCUT2D eigenvalue weighted by Crippen LogP contribution is -2.07. The van der Waals surface area contributed by atoms with Gasteiger partial charge < -0.3 is 5.32 Å². The van der Waals surface area contributed by atoms with Crippen molar-refractivity contribution < 1.29 is 0 Å². The van der Waals surface area contributed by atoms with E-state index >= 15 is 0 Å².